The number of methoxy groups -OCH3 is 1. The number of nitrogens with one attached hydrogen (secondary N) is 1. The molecular formula is C26H18Cl2F2N4O2. The van der Waals surface area contributed by atoms with E-state index in [0.717, 1.165) is 5.56 Å². The van der Waals surface area contributed by atoms with Gasteiger partial charge in [0.05, 0.1) is 41.2 Å². The molecule has 1 N–H and O–H groups in total. The first-order valence-electron chi connectivity index (χ1n) is 10.8. The molecule has 0 amide bonds. The molecule has 0 saturated carbocycles. The molecule has 6 nitrogen and oxygen atoms in total. The third kappa shape index (κ3) is 4.45. The summed E-state index contributed by atoms with van der Waals surface area (Å²) in [7, 11) is 1.29. The van der Waals surface area contributed by atoms with Gasteiger partial charge in [-0.1, -0.05) is 35.3 Å². The van der Waals surface area contributed by atoms with Gasteiger partial charge in [0.15, 0.2) is 0 Å². The summed E-state index contributed by atoms with van der Waals surface area (Å²) in [6, 6.07) is 13.7. The molecule has 0 aliphatic carbocycles. The van der Waals surface area contributed by atoms with Crippen molar-refractivity contribution in [3.8, 4) is 11.3 Å². The molecule has 0 unspecified atom stereocenters. The predicted molar refractivity (Wildman–Crippen MR) is 135 cm³/mol. The molecule has 0 radical (unpaired) electrons. The minimum absolute atomic E-state index is 0.171. The van der Waals surface area contributed by atoms with Gasteiger partial charge in [0.1, 0.15) is 18.3 Å². The van der Waals surface area contributed by atoms with Crippen LogP contribution in [0.2, 0.25) is 10.0 Å². The quantitative estimate of drug-likeness (QED) is 0.308. The third-order valence-electron chi connectivity index (χ3n) is 5.76. The highest BCUT2D eigenvalue weighted by Crippen LogP contribution is 2.34. The van der Waals surface area contributed by atoms with Gasteiger partial charge in [0, 0.05) is 33.6 Å². The number of aromatic nitrogens is 2. The number of ether oxygens (including phenoxy) is 1. The number of halogens is 4. The van der Waals surface area contributed by atoms with Crippen LogP contribution in [0.25, 0.3) is 11.3 Å². The summed E-state index contributed by atoms with van der Waals surface area (Å²) in [4.78, 5) is 16.3. The van der Waals surface area contributed by atoms with Crippen LogP contribution in [0, 0.1) is 11.6 Å². The van der Waals surface area contributed by atoms with Crippen molar-refractivity contribution in [1.29, 1.82) is 0 Å². The second-order valence-electron chi connectivity index (χ2n) is 8.01. The Morgan fingerprint density at radius 3 is 2.58 bits per heavy atom. The smallest absolute Gasteiger partial charge is 0.339 e. The van der Waals surface area contributed by atoms with Crippen LogP contribution in [-0.4, -0.2) is 28.6 Å². The summed E-state index contributed by atoms with van der Waals surface area (Å²) in [6.07, 6.45) is 1.81. The Balaban J connectivity index is 1.47. The summed E-state index contributed by atoms with van der Waals surface area (Å²) < 4.78 is 35.7. The zero-order chi connectivity index (χ0) is 25.4. The molecule has 1 aliphatic heterocycles. The van der Waals surface area contributed by atoms with Crippen LogP contribution < -0.4 is 5.32 Å². The highest BCUT2D eigenvalue weighted by Gasteiger charge is 2.25. The maximum Gasteiger partial charge on any atom is 0.339 e. The van der Waals surface area contributed by atoms with Crippen molar-refractivity contribution in [3.05, 3.63) is 105 Å². The van der Waals surface area contributed by atoms with Crippen molar-refractivity contribution in [1.82, 2.24) is 9.78 Å². The first-order chi connectivity index (χ1) is 17.4. The van der Waals surface area contributed by atoms with Crippen molar-refractivity contribution in [2.24, 2.45) is 4.99 Å². The predicted octanol–water partition coefficient (Wildman–Crippen LogP) is 6.34. The van der Waals surface area contributed by atoms with E-state index >= 15 is 0 Å². The van der Waals surface area contributed by atoms with E-state index in [9.17, 15) is 13.6 Å². The lowest BCUT2D eigenvalue weighted by Crippen LogP contribution is -2.11. The first kappa shape index (κ1) is 24.0. The number of anilines is 1. The molecule has 4 aromatic rings. The number of hydrogen-bond donors (Lipinski definition) is 1. The largest absolute Gasteiger partial charge is 0.465 e. The second-order valence-corrected chi connectivity index (χ2v) is 8.86. The van der Waals surface area contributed by atoms with Crippen molar-refractivity contribution < 1.29 is 18.3 Å². The van der Waals surface area contributed by atoms with Crippen LogP contribution in [0.1, 0.15) is 27.0 Å². The summed E-state index contributed by atoms with van der Waals surface area (Å²) in [5.74, 6) is -1.92. The molecule has 182 valence electrons. The van der Waals surface area contributed by atoms with E-state index < -0.39 is 17.6 Å². The monoisotopic (exact) mass is 526 g/mol. The van der Waals surface area contributed by atoms with E-state index in [1.54, 1.807) is 41.1 Å². The van der Waals surface area contributed by atoms with Crippen LogP contribution >= 0.6 is 23.2 Å². The van der Waals surface area contributed by atoms with Crippen LogP contribution in [-0.2, 0) is 18.0 Å². The van der Waals surface area contributed by atoms with Crippen molar-refractivity contribution in [2.45, 2.75) is 13.2 Å². The zero-order valence-electron chi connectivity index (χ0n) is 18.9. The second kappa shape index (κ2) is 9.72. The fraction of sp³-hybridized carbons (Fsp3) is 0.115. The number of nitrogens with zero attached hydrogens (tertiary/aromatic N) is 3. The van der Waals surface area contributed by atoms with Crippen LogP contribution in [0.15, 0.2) is 65.8 Å². The molecule has 1 aliphatic rings. The Bertz CT molecular complexity index is 1510. The fourth-order valence-electron chi connectivity index (χ4n) is 4.07. The van der Waals surface area contributed by atoms with Gasteiger partial charge < -0.3 is 10.1 Å². The zero-order valence-corrected chi connectivity index (χ0v) is 20.4. The molecule has 0 fully saturated rings. The average Bonchev–Trinajstić information content (AvgIpc) is 3.21. The number of esters is 1. The van der Waals surface area contributed by atoms with Crippen LogP contribution in [0.4, 0.5) is 14.5 Å². The maximum absolute atomic E-state index is 14.6. The van der Waals surface area contributed by atoms with Crippen molar-refractivity contribution in [3.63, 3.8) is 0 Å². The van der Waals surface area contributed by atoms with Crippen LogP contribution in [0.3, 0.4) is 0 Å². The van der Waals surface area contributed by atoms with Gasteiger partial charge in [-0.25, -0.2) is 13.6 Å². The number of rotatable bonds is 5. The molecule has 3 aromatic carbocycles. The molecule has 0 atom stereocenters. The van der Waals surface area contributed by atoms with Crippen molar-refractivity contribution >= 4 is 40.6 Å². The lowest BCUT2D eigenvalue weighted by atomic mass is 9.95. The summed E-state index contributed by atoms with van der Waals surface area (Å²) in [5, 5.41) is 8.57. The van der Waals surface area contributed by atoms with Gasteiger partial charge in [-0.3, -0.25) is 9.67 Å². The first-order valence-corrected chi connectivity index (χ1v) is 11.6. The van der Waals surface area contributed by atoms with Crippen molar-refractivity contribution in [2.75, 3.05) is 12.4 Å². The SMILES string of the molecule is COC(=O)c1ccc(NCn2cc3c(n2)-c2ccc(Cl)cc2C(c2c(F)cccc2F)=NC3)cc1Cl. The van der Waals surface area contributed by atoms with Crippen LogP contribution in [0.5, 0.6) is 0 Å². The minimum atomic E-state index is -0.703. The van der Waals surface area contributed by atoms with E-state index in [2.05, 4.69) is 10.3 Å². The fourth-order valence-corrected chi connectivity index (χ4v) is 4.49. The topological polar surface area (TPSA) is 68.5 Å². The normalized spacial score (nSPS) is 12.3. The van der Waals surface area contributed by atoms with Gasteiger partial charge in [0.2, 0.25) is 0 Å². The number of benzene rings is 3. The molecular weight excluding hydrogens is 509 g/mol. The molecule has 5 rings (SSSR count). The Kier molecular flexibility index (Phi) is 6.47. The van der Waals surface area contributed by atoms with Gasteiger partial charge in [0.25, 0.3) is 0 Å². The van der Waals surface area contributed by atoms with Gasteiger partial charge >= 0.3 is 5.97 Å². The lowest BCUT2D eigenvalue weighted by Gasteiger charge is -2.12. The summed E-state index contributed by atoms with van der Waals surface area (Å²) in [5.41, 5.74) is 3.51. The van der Waals surface area contributed by atoms with E-state index in [1.165, 1.54) is 25.3 Å². The molecule has 2 heterocycles. The Hall–Kier alpha value is -3.75. The number of carbonyl (C=O) groups is 1. The molecule has 36 heavy (non-hydrogen) atoms. The molecule has 10 heteroatoms. The standard InChI is InChI=1S/C26H18Cl2F2N4O2/c1-36-26(35)18-8-6-16(10-20(18)28)32-13-34-12-14-11-31-25(23-21(29)3-2-4-22(23)30)19-9-15(27)5-7-17(19)24(14)33-34/h2-10,12,32H,11,13H2,1H3. The molecule has 1 aromatic heterocycles. The van der Waals surface area contributed by atoms with Gasteiger partial charge in [-0.2, -0.15) is 5.10 Å². The third-order valence-corrected chi connectivity index (χ3v) is 6.30. The van der Waals surface area contributed by atoms with Gasteiger partial charge in [-0.15, -0.1) is 0 Å². The summed E-state index contributed by atoms with van der Waals surface area (Å²) >= 11 is 12.4. The number of carbonyl (C=O) groups excluding carboxylic acids is 1. The maximum atomic E-state index is 14.6. The Morgan fingerprint density at radius 2 is 1.86 bits per heavy atom. The minimum Gasteiger partial charge on any atom is -0.465 e. The van der Waals surface area contributed by atoms with E-state index in [1.807, 2.05) is 6.20 Å². The number of hydrogen-bond acceptors (Lipinski definition) is 5. The van der Waals surface area contributed by atoms with E-state index in [0.29, 0.717) is 34.2 Å². The highest BCUT2D eigenvalue weighted by atomic mass is 35.5. The van der Waals surface area contributed by atoms with E-state index in [-0.39, 0.29) is 28.4 Å². The highest BCUT2D eigenvalue weighted by molar-refractivity contribution is 6.34. The number of aliphatic imine (C=N–C) groups is 1. The Morgan fingerprint density at radius 1 is 1.08 bits per heavy atom. The number of fused-ring (bicyclic) bond motifs is 3. The summed E-state index contributed by atoms with van der Waals surface area (Å²) in [6.45, 7) is 0.465. The Labute approximate surface area is 215 Å². The van der Waals surface area contributed by atoms with E-state index in [4.69, 9.17) is 33.0 Å². The lowest BCUT2D eigenvalue weighted by molar-refractivity contribution is 0.0601. The molecule has 0 spiro atoms. The van der Waals surface area contributed by atoms with Gasteiger partial charge in [-0.05, 0) is 42.5 Å². The average molecular weight is 527 g/mol. The molecule has 0 saturated heterocycles. The molecule has 0 bridgehead atoms.